The van der Waals surface area contributed by atoms with Gasteiger partial charge in [0.2, 0.25) is 0 Å². The van der Waals surface area contributed by atoms with Crippen LogP contribution in [0.15, 0.2) is 61.1 Å². The number of anilines is 2. The first-order valence-electron chi connectivity index (χ1n) is 10.7. The third kappa shape index (κ3) is 6.89. The van der Waals surface area contributed by atoms with Crippen LogP contribution in [-0.4, -0.2) is 41.5 Å². The quantitative estimate of drug-likeness (QED) is 0.451. The van der Waals surface area contributed by atoms with Gasteiger partial charge in [0.25, 0.3) is 0 Å². The first-order chi connectivity index (χ1) is 16.8. The average molecular weight is 508 g/mol. The van der Waals surface area contributed by atoms with E-state index in [1.165, 1.54) is 30.5 Å². The summed E-state index contributed by atoms with van der Waals surface area (Å²) in [6.45, 7) is 1.17. The van der Waals surface area contributed by atoms with E-state index < -0.39 is 12.1 Å². The molecule has 8 nitrogen and oxygen atoms in total. The number of hydrogen-bond acceptors (Lipinski definition) is 6. The molecule has 1 aliphatic heterocycles. The van der Waals surface area contributed by atoms with Gasteiger partial charge in [0.1, 0.15) is 16.5 Å². The molecule has 4 rings (SSSR count). The molecule has 1 fully saturated rings. The third-order valence-electron chi connectivity index (χ3n) is 5.15. The van der Waals surface area contributed by atoms with Crippen LogP contribution in [0.5, 0.6) is 17.2 Å². The zero-order valence-electron chi connectivity index (χ0n) is 18.3. The van der Waals surface area contributed by atoms with Crippen LogP contribution in [0.25, 0.3) is 0 Å². The molecule has 0 atom stereocenters. The number of pyridine rings is 2. The number of hydrogen-bond donors (Lipinski definition) is 2. The predicted molar refractivity (Wildman–Crippen MR) is 124 cm³/mol. The molecule has 0 unspecified atom stereocenters. The van der Waals surface area contributed by atoms with Crippen molar-refractivity contribution in [2.45, 2.75) is 25.2 Å². The highest BCUT2D eigenvalue weighted by atomic mass is 35.5. The maximum Gasteiger partial charge on any atom is 0.573 e. The topological polar surface area (TPSA) is 88.6 Å². The molecule has 3 heterocycles. The smallest absolute Gasteiger partial charge is 0.455 e. The van der Waals surface area contributed by atoms with Crippen LogP contribution >= 0.6 is 11.6 Å². The van der Waals surface area contributed by atoms with Crippen LogP contribution in [0.3, 0.4) is 0 Å². The first kappa shape index (κ1) is 24.4. The Morgan fingerprint density at radius 1 is 1.09 bits per heavy atom. The fourth-order valence-corrected chi connectivity index (χ4v) is 3.87. The summed E-state index contributed by atoms with van der Waals surface area (Å²) in [5, 5.41) is 5.92. The van der Waals surface area contributed by atoms with E-state index in [-0.39, 0.29) is 28.6 Å². The standard InChI is InChI=1S/C23H21ClF3N5O3/c24-20-19(34-17-4-1-5-18(13-17)35-23(25,26)27)6-10-29-21(20)32-11-7-15(8-12-32)30-22(33)31-16-3-2-9-28-14-16/h1-6,9-10,13-15H,7-8,11-12H2,(H2,30,31,33). The van der Waals surface area contributed by atoms with Gasteiger partial charge in [-0.3, -0.25) is 4.98 Å². The van der Waals surface area contributed by atoms with E-state index in [0.717, 1.165) is 6.07 Å². The Labute approximate surface area is 204 Å². The molecule has 35 heavy (non-hydrogen) atoms. The van der Waals surface area contributed by atoms with Crippen LogP contribution in [0.2, 0.25) is 5.02 Å². The van der Waals surface area contributed by atoms with Gasteiger partial charge >= 0.3 is 12.4 Å². The maximum atomic E-state index is 12.5. The number of carbonyl (C=O) groups is 1. The van der Waals surface area contributed by atoms with Crippen molar-refractivity contribution in [3.63, 3.8) is 0 Å². The summed E-state index contributed by atoms with van der Waals surface area (Å²) < 4.78 is 47.1. The SMILES string of the molecule is O=C(Nc1cccnc1)NC1CCN(c2nccc(Oc3cccc(OC(F)(F)F)c3)c2Cl)CC1. The molecule has 2 aromatic heterocycles. The summed E-state index contributed by atoms with van der Waals surface area (Å²) >= 11 is 6.52. The number of carbonyl (C=O) groups excluding carboxylic acids is 1. The number of halogens is 4. The van der Waals surface area contributed by atoms with E-state index in [4.69, 9.17) is 16.3 Å². The minimum absolute atomic E-state index is 0.0301. The third-order valence-corrected chi connectivity index (χ3v) is 5.51. The molecule has 0 aliphatic carbocycles. The largest absolute Gasteiger partial charge is 0.573 e. The number of urea groups is 1. The molecule has 0 saturated carbocycles. The van der Waals surface area contributed by atoms with E-state index in [9.17, 15) is 18.0 Å². The minimum atomic E-state index is -4.81. The molecule has 2 amide bonds. The van der Waals surface area contributed by atoms with E-state index in [0.29, 0.717) is 37.4 Å². The summed E-state index contributed by atoms with van der Waals surface area (Å²) in [4.78, 5) is 22.5. The van der Waals surface area contributed by atoms with E-state index >= 15 is 0 Å². The molecule has 3 aromatic rings. The fourth-order valence-electron chi connectivity index (χ4n) is 3.60. The Morgan fingerprint density at radius 2 is 1.86 bits per heavy atom. The van der Waals surface area contributed by atoms with Gasteiger partial charge < -0.3 is 25.0 Å². The van der Waals surface area contributed by atoms with Crippen LogP contribution in [-0.2, 0) is 0 Å². The zero-order chi connectivity index (χ0) is 24.8. The number of nitrogens with one attached hydrogen (secondary N) is 2. The van der Waals surface area contributed by atoms with Gasteiger partial charge in [-0.25, -0.2) is 9.78 Å². The van der Waals surface area contributed by atoms with E-state index in [2.05, 4.69) is 25.3 Å². The zero-order valence-corrected chi connectivity index (χ0v) is 19.0. The lowest BCUT2D eigenvalue weighted by atomic mass is 10.1. The maximum absolute atomic E-state index is 12.5. The lowest BCUT2D eigenvalue weighted by Gasteiger charge is -2.33. The van der Waals surface area contributed by atoms with Gasteiger partial charge in [-0.15, -0.1) is 13.2 Å². The van der Waals surface area contributed by atoms with Crippen LogP contribution in [0.1, 0.15) is 12.8 Å². The van der Waals surface area contributed by atoms with Crippen molar-refractivity contribution in [3.05, 3.63) is 66.1 Å². The van der Waals surface area contributed by atoms with Crippen molar-refractivity contribution in [3.8, 4) is 17.2 Å². The fraction of sp³-hybridized carbons (Fsp3) is 0.261. The van der Waals surface area contributed by atoms with Gasteiger partial charge in [0.05, 0.1) is 11.9 Å². The Balaban J connectivity index is 1.35. The predicted octanol–water partition coefficient (Wildman–Crippen LogP) is 5.61. The highest BCUT2D eigenvalue weighted by Gasteiger charge is 2.31. The van der Waals surface area contributed by atoms with Crippen LogP contribution < -0.4 is 25.0 Å². The summed E-state index contributed by atoms with van der Waals surface area (Å²) in [5.41, 5.74) is 0.603. The van der Waals surface area contributed by atoms with Crippen LogP contribution in [0.4, 0.5) is 29.5 Å². The highest BCUT2D eigenvalue weighted by molar-refractivity contribution is 6.34. The molecule has 1 aliphatic rings. The number of rotatable bonds is 6. The normalized spacial score (nSPS) is 14.3. The Hall–Kier alpha value is -3.73. The van der Waals surface area contributed by atoms with Crippen molar-refractivity contribution < 1.29 is 27.4 Å². The Kier molecular flexibility index (Phi) is 7.45. The van der Waals surface area contributed by atoms with Gasteiger partial charge in [0, 0.05) is 43.7 Å². The molecule has 1 saturated heterocycles. The number of amides is 2. The number of benzene rings is 1. The van der Waals surface area contributed by atoms with Crippen molar-refractivity contribution in [1.82, 2.24) is 15.3 Å². The molecule has 0 spiro atoms. The number of ether oxygens (including phenoxy) is 2. The summed E-state index contributed by atoms with van der Waals surface area (Å²) in [7, 11) is 0. The first-order valence-corrected chi connectivity index (χ1v) is 11.1. The van der Waals surface area contributed by atoms with Crippen molar-refractivity contribution in [2.75, 3.05) is 23.3 Å². The molecule has 1 aromatic carbocycles. The monoisotopic (exact) mass is 507 g/mol. The summed E-state index contributed by atoms with van der Waals surface area (Å²) in [6, 6.07) is 9.85. The van der Waals surface area contributed by atoms with Gasteiger partial charge in [-0.05, 0) is 37.1 Å². The van der Waals surface area contributed by atoms with E-state index in [1.807, 2.05) is 4.90 Å². The Bertz CT molecular complexity index is 1160. The molecular formula is C23H21ClF3N5O3. The summed E-state index contributed by atoms with van der Waals surface area (Å²) in [6.07, 6.45) is 1.22. The average Bonchev–Trinajstić information content (AvgIpc) is 2.81. The van der Waals surface area contributed by atoms with Crippen molar-refractivity contribution >= 4 is 29.1 Å². The number of piperidine rings is 1. The number of alkyl halides is 3. The van der Waals surface area contributed by atoms with Gasteiger partial charge in [-0.1, -0.05) is 17.7 Å². The van der Waals surface area contributed by atoms with Crippen molar-refractivity contribution in [1.29, 1.82) is 0 Å². The lowest BCUT2D eigenvalue weighted by Crippen LogP contribution is -2.46. The second-order valence-corrected chi connectivity index (χ2v) is 8.05. The molecular weight excluding hydrogens is 487 g/mol. The van der Waals surface area contributed by atoms with Gasteiger partial charge in [-0.2, -0.15) is 0 Å². The van der Waals surface area contributed by atoms with E-state index in [1.54, 1.807) is 24.5 Å². The second-order valence-electron chi connectivity index (χ2n) is 7.67. The molecule has 0 radical (unpaired) electrons. The molecule has 2 N–H and O–H groups in total. The second kappa shape index (κ2) is 10.7. The highest BCUT2D eigenvalue weighted by Crippen LogP contribution is 2.37. The Morgan fingerprint density at radius 3 is 2.57 bits per heavy atom. The molecule has 184 valence electrons. The minimum Gasteiger partial charge on any atom is -0.455 e. The number of nitrogens with zero attached hydrogens (tertiary/aromatic N) is 3. The molecule has 12 heteroatoms. The lowest BCUT2D eigenvalue weighted by molar-refractivity contribution is -0.274. The summed E-state index contributed by atoms with van der Waals surface area (Å²) in [5.74, 6) is 0.470. The number of aromatic nitrogens is 2. The van der Waals surface area contributed by atoms with Gasteiger partial charge in [0.15, 0.2) is 11.6 Å². The molecule has 0 bridgehead atoms. The van der Waals surface area contributed by atoms with Crippen molar-refractivity contribution in [2.24, 2.45) is 0 Å². The van der Waals surface area contributed by atoms with Crippen LogP contribution in [0, 0.1) is 0 Å².